The number of nitriles is 1. The highest BCUT2D eigenvalue weighted by Gasteiger charge is 2.47. The first-order valence-electron chi connectivity index (χ1n) is 17.8. The Bertz CT molecular complexity index is 2050. The number of aromatic nitrogens is 3. The molecule has 5 rings (SSSR count). The molecule has 0 radical (unpaired) electrons. The van der Waals surface area contributed by atoms with E-state index in [4.69, 9.17) is 24.2 Å². The van der Waals surface area contributed by atoms with Crippen LogP contribution in [-0.2, 0) is 42.5 Å². The maximum Gasteiger partial charge on any atom is 0.339 e. The van der Waals surface area contributed by atoms with Crippen molar-refractivity contribution in [1.29, 1.82) is 5.26 Å². The maximum atomic E-state index is 15.9. The van der Waals surface area contributed by atoms with Crippen LogP contribution in [0, 0.1) is 28.8 Å². The van der Waals surface area contributed by atoms with Crippen LogP contribution >= 0.6 is 11.8 Å². The molecule has 4 aromatic rings. The Morgan fingerprint density at radius 3 is 2.57 bits per heavy atom. The predicted octanol–water partition coefficient (Wildman–Crippen LogP) is 6.84. The van der Waals surface area contributed by atoms with Crippen molar-refractivity contribution in [2.45, 2.75) is 55.3 Å². The van der Waals surface area contributed by atoms with Gasteiger partial charge in [0.15, 0.2) is 11.9 Å². The van der Waals surface area contributed by atoms with Crippen LogP contribution in [0.1, 0.15) is 52.4 Å². The molecule has 1 aromatic heterocycles. The number of nitrogens with zero attached hydrogens (tertiary/aromatic N) is 5. The van der Waals surface area contributed by atoms with E-state index < -0.39 is 46.5 Å². The molecule has 2 atom stereocenters. The van der Waals surface area contributed by atoms with Crippen LogP contribution in [0.4, 0.5) is 13.2 Å². The monoisotopic (exact) mass is 789 g/mol. The van der Waals surface area contributed by atoms with Crippen molar-refractivity contribution in [2.75, 3.05) is 33.9 Å². The predicted molar refractivity (Wildman–Crippen MR) is 203 cm³/mol. The van der Waals surface area contributed by atoms with Crippen LogP contribution in [0.15, 0.2) is 91.5 Å². The van der Waals surface area contributed by atoms with E-state index in [2.05, 4.69) is 10.1 Å². The molecule has 0 spiro atoms. The lowest BCUT2D eigenvalue weighted by Crippen LogP contribution is -2.47. The van der Waals surface area contributed by atoms with E-state index in [1.165, 1.54) is 53.4 Å². The van der Waals surface area contributed by atoms with Crippen LogP contribution < -0.4 is 0 Å². The molecule has 3 aromatic carbocycles. The van der Waals surface area contributed by atoms with E-state index in [0.717, 1.165) is 18.2 Å². The van der Waals surface area contributed by atoms with Gasteiger partial charge in [-0.25, -0.2) is 27.6 Å². The van der Waals surface area contributed by atoms with Gasteiger partial charge >= 0.3 is 11.9 Å². The largest absolute Gasteiger partial charge is 0.461 e. The number of rotatable bonds is 17. The third kappa shape index (κ3) is 11.4. The molecule has 2 unspecified atom stereocenters. The standard InChI is InChI=1S/C41H42F3N5O6S/c1-28(56-33-23-53-39(54-24-33)13-7-5-9-30-15-14-29(21-45)19-36(30)43)41(25-49-27-46-26-47-49,35-17-16-32(42)20-37(35)44)55-40(51)34-11-6-4-10-31(34)22-52-38(50)12-8-18-48(2)3/h4-7,9-11,13-17,19-20,26-28,33,39H,8,12,18,22-25H2,1-3H3. The average molecular weight is 790 g/mol. The topological polar surface area (TPSA) is 129 Å². The Morgan fingerprint density at radius 1 is 1.09 bits per heavy atom. The first-order valence-corrected chi connectivity index (χ1v) is 18.7. The van der Waals surface area contributed by atoms with Crippen molar-refractivity contribution in [3.8, 4) is 6.07 Å². The summed E-state index contributed by atoms with van der Waals surface area (Å²) >= 11 is 1.33. The highest BCUT2D eigenvalue weighted by atomic mass is 32.2. The third-order valence-corrected chi connectivity index (χ3v) is 10.3. The van der Waals surface area contributed by atoms with Crippen LogP contribution in [0.3, 0.4) is 0 Å². The molecule has 0 aliphatic carbocycles. The summed E-state index contributed by atoms with van der Waals surface area (Å²) in [6.07, 6.45) is 9.29. The number of ether oxygens (including phenoxy) is 4. The number of allylic oxidation sites excluding steroid dienone is 2. The van der Waals surface area contributed by atoms with Crippen molar-refractivity contribution in [3.63, 3.8) is 0 Å². The minimum atomic E-state index is -1.79. The van der Waals surface area contributed by atoms with Crippen molar-refractivity contribution < 1.29 is 41.7 Å². The first-order chi connectivity index (χ1) is 27.0. The van der Waals surface area contributed by atoms with Crippen LogP contribution in [0.5, 0.6) is 0 Å². The number of carbonyl (C=O) groups excluding carboxylic acids is 2. The lowest BCUT2D eigenvalue weighted by molar-refractivity contribution is -0.146. The van der Waals surface area contributed by atoms with Gasteiger partial charge in [0, 0.05) is 34.4 Å². The van der Waals surface area contributed by atoms with Crippen molar-refractivity contribution in [1.82, 2.24) is 19.7 Å². The molecule has 15 heteroatoms. The fourth-order valence-corrected chi connectivity index (χ4v) is 7.32. The molecule has 294 valence electrons. The zero-order valence-corrected chi connectivity index (χ0v) is 32.0. The zero-order chi connectivity index (χ0) is 40.1. The van der Waals surface area contributed by atoms with E-state index in [0.29, 0.717) is 24.1 Å². The second-order valence-electron chi connectivity index (χ2n) is 13.2. The quantitative estimate of drug-likeness (QED) is 0.0825. The highest BCUT2D eigenvalue weighted by Crippen LogP contribution is 2.42. The summed E-state index contributed by atoms with van der Waals surface area (Å²) in [5.74, 6) is -3.50. The molecule has 0 bridgehead atoms. The van der Waals surface area contributed by atoms with E-state index in [-0.39, 0.29) is 54.7 Å². The lowest BCUT2D eigenvalue weighted by Gasteiger charge is -2.40. The third-order valence-electron chi connectivity index (χ3n) is 8.87. The molecule has 0 amide bonds. The second kappa shape index (κ2) is 20.1. The van der Waals surface area contributed by atoms with Gasteiger partial charge in [0.05, 0.1) is 42.2 Å². The summed E-state index contributed by atoms with van der Waals surface area (Å²) in [7, 11) is 3.82. The molecular formula is C41H42F3N5O6S. The Morgan fingerprint density at radius 2 is 1.88 bits per heavy atom. The van der Waals surface area contributed by atoms with Crippen molar-refractivity contribution in [2.24, 2.45) is 0 Å². The fourth-order valence-electron chi connectivity index (χ4n) is 5.96. The van der Waals surface area contributed by atoms with E-state index in [9.17, 15) is 18.4 Å². The van der Waals surface area contributed by atoms with Gasteiger partial charge in [-0.05, 0) is 70.4 Å². The molecule has 0 N–H and O–H groups in total. The number of halogens is 3. The number of benzene rings is 3. The number of esters is 2. The van der Waals surface area contributed by atoms with Crippen molar-refractivity contribution in [3.05, 3.63) is 137 Å². The van der Waals surface area contributed by atoms with Crippen LogP contribution in [0.2, 0.25) is 0 Å². The van der Waals surface area contributed by atoms with Crippen LogP contribution in [-0.4, -0.2) is 82.2 Å². The Balaban J connectivity index is 1.34. The minimum absolute atomic E-state index is 0.0866. The molecule has 2 heterocycles. The van der Waals surface area contributed by atoms with E-state index in [1.54, 1.807) is 49.4 Å². The van der Waals surface area contributed by atoms with Crippen LogP contribution in [0.25, 0.3) is 6.08 Å². The molecule has 1 fully saturated rings. The Kier molecular flexibility index (Phi) is 15.0. The van der Waals surface area contributed by atoms with E-state index >= 15 is 4.39 Å². The van der Waals surface area contributed by atoms with Gasteiger partial charge in [-0.3, -0.25) is 4.79 Å². The maximum absolute atomic E-state index is 15.9. The van der Waals surface area contributed by atoms with Gasteiger partial charge in [0.25, 0.3) is 0 Å². The summed E-state index contributed by atoms with van der Waals surface area (Å²) in [6.45, 7) is 2.51. The Labute approximate surface area is 327 Å². The summed E-state index contributed by atoms with van der Waals surface area (Å²) in [4.78, 5) is 32.7. The SMILES string of the molecule is CC(SC1COC(C=CC=Cc2ccc(C#N)cc2F)OC1)C(Cn1cncn1)(OC(=O)c1ccccc1COC(=O)CCCN(C)C)c1ccc(F)cc1F. The number of hydrogen-bond acceptors (Lipinski definition) is 11. The number of hydrogen-bond donors (Lipinski definition) is 0. The molecule has 11 nitrogen and oxygen atoms in total. The van der Waals surface area contributed by atoms with E-state index in [1.807, 2.05) is 25.1 Å². The van der Waals surface area contributed by atoms with Gasteiger partial charge in [-0.2, -0.15) is 10.4 Å². The molecule has 56 heavy (non-hydrogen) atoms. The average Bonchev–Trinajstić information content (AvgIpc) is 3.69. The smallest absolute Gasteiger partial charge is 0.339 e. The van der Waals surface area contributed by atoms with Gasteiger partial charge in [0.1, 0.15) is 36.7 Å². The number of thioether (sulfide) groups is 1. The molecular weight excluding hydrogens is 748 g/mol. The van der Waals surface area contributed by atoms with Crippen molar-refractivity contribution >= 4 is 29.8 Å². The van der Waals surface area contributed by atoms with Gasteiger partial charge in [-0.1, -0.05) is 42.5 Å². The highest BCUT2D eigenvalue weighted by molar-refractivity contribution is 8.00. The summed E-state index contributed by atoms with van der Waals surface area (Å²) in [5.41, 5.74) is -0.842. The van der Waals surface area contributed by atoms with Gasteiger partial charge in [-0.15, -0.1) is 11.8 Å². The molecule has 0 saturated carbocycles. The second-order valence-corrected chi connectivity index (χ2v) is 14.9. The summed E-state index contributed by atoms with van der Waals surface area (Å²) in [5, 5.41) is 12.1. The normalized spacial score (nSPS) is 17.5. The Hall–Kier alpha value is -5.27. The van der Waals surface area contributed by atoms with Gasteiger partial charge in [0.2, 0.25) is 0 Å². The lowest BCUT2D eigenvalue weighted by atomic mass is 9.89. The molecule has 1 aliphatic heterocycles. The first kappa shape index (κ1) is 41.9. The molecule has 1 saturated heterocycles. The zero-order valence-electron chi connectivity index (χ0n) is 31.1. The van der Waals surface area contributed by atoms with Gasteiger partial charge < -0.3 is 23.8 Å². The molecule has 1 aliphatic rings. The summed E-state index contributed by atoms with van der Waals surface area (Å²) in [6, 6.07) is 15.7. The number of carbonyl (C=O) groups is 2. The minimum Gasteiger partial charge on any atom is -0.461 e. The summed E-state index contributed by atoms with van der Waals surface area (Å²) < 4.78 is 69.6. The fraction of sp³-hybridized carbons (Fsp3) is 0.341.